The second kappa shape index (κ2) is 6.92. The van der Waals surface area contributed by atoms with E-state index in [9.17, 15) is 0 Å². The van der Waals surface area contributed by atoms with Gasteiger partial charge >= 0.3 is 0 Å². The lowest BCUT2D eigenvalue weighted by atomic mass is 10.1. The van der Waals surface area contributed by atoms with Gasteiger partial charge in [-0.15, -0.1) is 11.3 Å². The molecule has 0 saturated heterocycles. The smallest absolute Gasteiger partial charge is 0.0483 e. The SMILES string of the molecule is CCNCCc1cn(CCc2cccs2)c2ccccc12. The molecule has 1 N–H and O–H groups in total. The molecular weight excluding hydrogens is 276 g/mol. The van der Waals surface area contributed by atoms with Gasteiger partial charge in [-0.3, -0.25) is 0 Å². The first-order valence-electron chi connectivity index (χ1n) is 7.68. The molecule has 0 spiro atoms. The number of benzene rings is 1. The van der Waals surface area contributed by atoms with Crippen LogP contribution >= 0.6 is 11.3 Å². The monoisotopic (exact) mass is 298 g/mol. The Morgan fingerprint density at radius 2 is 2.00 bits per heavy atom. The molecule has 0 bridgehead atoms. The molecule has 0 radical (unpaired) electrons. The fourth-order valence-corrected chi connectivity index (χ4v) is 3.49. The first kappa shape index (κ1) is 14.4. The Balaban J connectivity index is 1.80. The van der Waals surface area contributed by atoms with Crippen LogP contribution in [-0.4, -0.2) is 17.7 Å². The number of nitrogens with zero attached hydrogens (tertiary/aromatic N) is 1. The van der Waals surface area contributed by atoms with E-state index in [0.29, 0.717) is 0 Å². The summed E-state index contributed by atoms with van der Waals surface area (Å²) in [6.45, 7) is 5.30. The standard InChI is InChI=1S/C18H22N2S/c1-2-19-11-9-15-14-20(12-10-16-6-5-13-21-16)18-8-4-3-7-17(15)18/h3-8,13-14,19H,2,9-12H2,1H3. The van der Waals surface area contributed by atoms with Crippen molar-refractivity contribution in [2.45, 2.75) is 26.3 Å². The Bertz CT molecular complexity index is 682. The third-order valence-electron chi connectivity index (χ3n) is 3.87. The van der Waals surface area contributed by atoms with Crippen molar-refractivity contribution in [2.24, 2.45) is 0 Å². The minimum absolute atomic E-state index is 1.04. The summed E-state index contributed by atoms with van der Waals surface area (Å²) in [6.07, 6.45) is 4.55. The lowest BCUT2D eigenvalue weighted by Crippen LogP contribution is -2.15. The van der Waals surface area contributed by atoms with E-state index in [1.54, 1.807) is 0 Å². The average Bonchev–Trinajstić information content (AvgIpc) is 3.14. The molecule has 1 aromatic carbocycles. The second-order valence-corrected chi connectivity index (χ2v) is 6.33. The zero-order chi connectivity index (χ0) is 14.5. The first-order valence-corrected chi connectivity index (χ1v) is 8.56. The first-order chi connectivity index (χ1) is 10.4. The number of hydrogen-bond donors (Lipinski definition) is 1. The van der Waals surface area contributed by atoms with E-state index < -0.39 is 0 Å². The second-order valence-electron chi connectivity index (χ2n) is 5.30. The summed E-state index contributed by atoms with van der Waals surface area (Å²) in [6, 6.07) is 13.1. The Labute approximate surface area is 130 Å². The van der Waals surface area contributed by atoms with Crippen molar-refractivity contribution >= 4 is 22.2 Å². The Kier molecular flexibility index (Phi) is 4.73. The summed E-state index contributed by atoms with van der Waals surface area (Å²) in [5.41, 5.74) is 2.82. The van der Waals surface area contributed by atoms with Crippen LogP contribution < -0.4 is 5.32 Å². The predicted octanol–water partition coefficient (Wildman–Crippen LogP) is 4.10. The maximum atomic E-state index is 3.42. The Morgan fingerprint density at radius 1 is 1.10 bits per heavy atom. The molecule has 2 aromatic heterocycles. The predicted molar refractivity (Wildman–Crippen MR) is 92.2 cm³/mol. The van der Waals surface area contributed by atoms with Gasteiger partial charge in [0.1, 0.15) is 0 Å². The highest BCUT2D eigenvalue weighted by atomic mass is 32.1. The van der Waals surface area contributed by atoms with Crippen LogP contribution in [0.2, 0.25) is 0 Å². The van der Waals surface area contributed by atoms with E-state index in [1.165, 1.54) is 21.3 Å². The van der Waals surface area contributed by atoms with Gasteiger partial charge in [-0.25, -0.2) is 0 Å². The van der Waals surface area contributed by atoms with Crippen LogP contribution in [0.1, 0.15) is 17.4 Å². The zero-order valence-corrected chi connectivity index (χ0v) is 13.3. The molecule has 110 valence electrons. The topological polar surface area (TPSA) is 17.0 Å². The van der Waals surface area contributed by atoms with Gasteiger partial charge in [0, 0.05) is 28.5 Å². The molecule has 0 aliphatic rings. The Morgan fingerprint density at radius 3 is 2.81 bits per heavy atom. The third kappa shape index (κ3) is 3.36. The maximum absolute atomic E-state index is 3.42. The van der Waals surface area contributed by atoms with Crippen molar-refractivity contribution in [1.29, 1.82) is 0 Å². The third-order valence-corrected chi connectivity index (χ3v) is 4.81. The van der Waals surface area contributed by atoms with Crippen LogP contribution in [0.25, 0.3) is 10.9 Å². The van der Waals surface area contributed by atoms with Crippen molar-refractivity contribution in [1.82, 2.24) is 9.88 Å². The summed E-state index contributed by atoms with van der Waals surface area (Å²) in [5.74, 6) is 0. The molecule has 3 aromatic rings. The zero-order valence-electron chi connectivity index (χ0n) is 12.5. The number of nitrogens with one attached hydrogen (secondary N) is 1. The molecule has 0 unspecified atom stereocenters. The molecule has 3 rings (SSSR count). The number of aryl methyl sites for hydroxylation is 2. The number of aromatic nitrogens is 1. The van der Waals surface area contributed by atoms with Gasteiger partial charge in [-0.05, 0) is 49.0 Å². The minimum Gasteiger partial charge on any atom is -0.347 e. The largest absolute Gasteiger partial charge is 0.347 e. The van der Waals surface area contributed by atoms with E-state index in [-0.39, 0.29) is 0 Å². The van der Waals surface area contributed by atoms with Gasteiger partial charge in [0.15, 0.2) is 0 Å². The van der Waals surface area contributed by atoms with Gasteiger partial charge < -0.3 is 9.88 Å². The molecule has 0 aliphatic carbocycles. The fraction of sp³-hybridized carbons (Fsp3) is 0.333. The fourth-order valence-electron chi connectivity index (χ4n) is 2.79. The number of hydrogen-bond acceptors (Lipinski definition) is 2. The number of para-hydroxylation sites is 1. The number of likely N-dealkylation sites (N-methyl/N-ethyl adjacent to an activating group) is 1. The highest BCUT2D eigenvalue weighted by molar-refractivity contribution is 7.09. The Hall–Kier alpha value is -1.58. The van der Waals surface area contributed by atoms with Crippen molar-refractivity contribution < 1.29 is 0 Å². The highest BCUT2D eigenvalue weighted by Gasteiger charge is 2.08. The van der Waals surface area contributed by atoms with Gasteiger partial charge in [-0.2, -0.15) is 0 Å². The molecule has 2 heterocycles. The molecule has 0 amide bonds. The minimum atomic E-state index is 1.04. The summed E-state index contributed by atoms with van der Waals surface area (Å²) in [7, 11) is 0. The van der Waals surface area contributed by atoms with Crippen LogP contribution in [-0.2, 0) is 19.4 Å². The average molecular weight is 298 g/mol. The normalized spacial score (nSPS) is 11.3. The quantitative estimate of drug-likeness (QED) is 0.650. The summed E-state index contributed by atoms with van der Waals surface area (Å²) >= 11 is 1.85. The van der Waals surface area contributed by atoms with Crippen LogP contribution in [0.3, 0.4) is 0 Å². The number of fused-ring (bicyclic) bond motifs is 1. The van der Waals surface area contributed by atoms with Crippen LogP contribution in [0, 0.1) is 0 Å². The molecule has 3 heteroatoms. The maximum Gasteiger partial charge on any atom is 0.0483 e. The highest BCUT2D eigenvalue weighted by Crippen LogP contribution is 2.22. The van der Waals surface area contributed by atoms with E-state index in [0.717, 1.165) is 32.5 Å². The van der Waals surface area contributed by atoms with Crippen LogP contribution in [0.4, 0.5) is 0 Å². The molecular formula is C18H22N2S. The van der Waals surface area contributed by atoms with Gasteiger partial charge in [-0.1, -0.05) is 31.2 Å². The van der Waals surface area contributed by atoms with Crippen LogP contribution in [0.15, 0.2) is 48.0 Å². The molecule has 0 aliphatic heterocycles. The van der Waals surface area contributed by atoms with Crippen molar-refractivity contribution in [3.63, 3.8) is 0 Å². The summed E-state index contributed by atoms with van der Waals surface area (Å²) < 4.78 is 2.41. The van der Waals surface area contributed by atoms with Crippen molar-refractivity contribution in [3.05, 3.63) is 58.4 Å². The molecule has 0 saturated carbocycles. The van der Waals surface area contributed by atoms with Gasteiger partial charge in [0.05, 0.1) is 0 Å². The lowest BCUT2D eigenvalue weighted by Gasteiger charge is -2.03. The molecule has 0 fully saturated rings. The van der Waals surface area contributed by atoms with Crippen LogP contribution in [0.5, 0.6) is 0 Å². The molecule has 0 atom stereocenters. The summed E-state index contributed by atoms with van der Waals surface area (Å²) in [5, 5.41) is 6.98. The van der Waals surface area contributed by atoms with E-state index in [4.69, 9.17) is 0 Å². The van der Waals surface area contributed by atoms with Gasteiger partial charge in [0.2, 0.25) is 0 Å². The molecule has 2 nitrogen and oxygen atoms in total. The van der Waals surface area contributed by atoms with E-state index in [1.807, 2.05) is 11.3 Å². The molecule has 21 heavy (non-hydrogen) atoms. The number of thiophene rings is 1. The summed E-state index contributed by atoms with van der Waals surface area (Å²) in [4.78, 5) is 1.46. The number of rotatable bonds is 7. The van der Waals surface area contributed by atoms with E-state index >= 15 is 0 Å². The van der Waals surface area contributed by atoms with E-state index in [2.05, 4.69) is 64.8 Å². The van der Waals surface area contributed by atoms with Crippen molar-refractivity contribution in [2.75, 3.05) is 13.1 Å². The van der Waals surface area contributed by atoms with Gasteiger partial charge in [0.25, 0.3) is 0 Å². The lowest BCUT2D eigenvalue weighted by molar-refractivity contribution is 0.705. The van der Waals surface area contributed by atoms with Crippen molar-refractivity contribution in [3.8, 4) is 0 Å².